The predicted octanol–water partition coefficient (Wildman–Crippen LogP) is 4.52. The monoisotopic (exact) mass is 1200 g/mol. The first-order valence-electron chi connectivity index (χ1n) is 10.6. The molecule has 0 aliphatic heterocycles. The number of benzene rings is 3. The molecule has 0 saturated heterocycles. The van der Waals surface area contributed by atoms with Gasteiger partial charge < -0.3 is 42.5 Å². The molecule has 0 radical (unpaired) electrons. The van der Waals surface area contributed by atoms with Crippen molar-refractivity contribution in [3.05, 3.63) is 122 Å². The summed E-state index contributed by atoms with van der Waals surface area (Å²) in [6.07, 6.45) is 2.12. The van der Waals surface area contributed by atoms with Crippen LogP contribution in [0.25, 0.3) is 6.08 Å². The summed E-state index contributed by atoms with van der Waals surface area (Å²) in [5.74, 6) is 0. The maximum Gasteiger partial charge on any atom is 2.00 e. The van der Waals surface area contributed by atoms with Crippen molar-refractivity contribution >= 4 is 80.6 Å². The Bertz CT molecular complexity index is 1000. The zero-order chi connectivity index (χ0) is 27.3. The third kappa shape index (κ3) is 31.1. The Labute approximate surface area is 394 Å². The number of hydrogen-bond donors (Lipinski definition) is 0. The molecule has 15 heteroatoms. The molecule has 0 saturated carbocycles. The first-order chi connectivity index (χ1) is 17.4. The largest absolute Gasteiger partial charge is 2.00 e. The maximum absolute atomic E-state index is 10.1. The maximum atomic E-state index is 10.1. The Morgan fingerprint density at radius 3 is 1.09 bits per heavy atom. The van der Waals surface area contributed by atoms with Crippen LogP contribution in [0.3, 0.4) is 0 Å². The molecule has 3 rings (SSSR count). The topological polar surface area (TPSA) is 54.0 Å². The number of carbonyl (C=O) groups is 1. The number of halogens is 3. The zero-order valence-electron chi connectivity index (χ0n) is 26.4. The summed E-state index contributed by atoms with van der Waals surface area (Å²) in [6.45, 7) is 10.7. The average Bonchev–Trinajstić information content (AvgIpc) is 2.94. The van der Waals surface area contributed by atoms with Gasteiger partial charge in [-0.1, -0.05) is 61.2 Å². The Kier molecular flexibility index (Phi) is 72.2. The minimum absolute atomic E-state index is 0. The number of rotatable bonds is 8. The summed E-state index contributed by atoms with van der Waals surface area (Å²) in [5.41, 5.74) is 3.88. The summed E-state index contributed by atoms with van der Waals surface area (Å²) >= 11 is 4.46. The number of ether oxygens (including phenoxy) is 4. The molecule has 3 aromatic rings. The summed E-state index contributed by atoms with van der Waals surface area (Å²) < 4.78 is 22.8. The average molecular weight is 1210 g/mol. The van der Waals surface area contributed by atoms with E-state index in [1.165, 1.54) is 3.57 Å². The molecule has 0 amide bonds. The Balaban J connectivity index is -0.0000000538. The number of methoxy groups -OCH3 is 4. The minimum Gasteiger partial charge on any atom is -1.00 e. The van der Waals surface area contributed by atoms with Crippen LogP contribution in [-0.2, 0) is 136 Å². The van der Waals surface area contributed by atoms with Crippen molar-refractivity contribution in [2.45, 2.75) is 12.6 Å². The van der Waals surface area contributed by atoms with E-state index in [-0.39, 0.29) is 169 Å². The summed E-state index contributed by atoms with van der Waals surface area (Å²) in [4.78, 5) is 10.1. The van der Waals surface area contributed by atoms with Gasteiger partial charge in [0.05, 0.1) is 0 Å². The van der Waals surface area contributed by atoms with Crippen molar-refractivity contribution in [3.63, 3.8) is 0 Å². The third-order valence-corrected chi connectivity index (χ3v) is 5.89. The second-order valence-electron chi connectivity index (χ2n) is 6.70. The van der Waals surface area contributed by atoms with Gasteiger partial charge in [-0.15, -0.1) is 0 Å². The molecule has 0 aromatic heterocycles. The van der Waals surface area contributed by atoms with Crippen molar-refractivity contribution in [3.8, 4) is 0 Å². The molecular formula is C29H33BrI2MgO5Zn6. The van der Waals surface area contributed by atoms with Crippen molar-refractivity contribution in [2.24, 2.45) is 0 Å². The Morgan fingerprint density at radius 2 is 0.841 bits per heavy atom. The first kappa shape index (κ1) is 69.0. The molecule has 0 bridgehead atoms. The van der Waals surface area contributed by atoms with E-state index >= 15 is 0 Å². The van der Waals surface area contributed by atoms with Gasteiger partial charge in [0.25, 0.3) is 0 Å². The van der Waals surface area contributed by atoms with Crippen LogP contribution in [0.15, 0.2) is 86.0 Å². The van der Waals surface area contributed by atoms with Gasteiger partial charge >= 0.3 is 23.1 Å². The van der Waals surface area contributed by atoms with Crippen molar-refractivity contribution < 1.29 is 158 Å². The fourth-order valence-electron chi connectivity index (χ4n) is 2.69. The third-order valence-electron chi connectivity index (χ3n) is 4.45. The number of carbonyl (C=O) groups excluding carboxylic acids is 1. The van der Waals surface area contributed by atoms with E-state index in [9.17, 15) is 4.79 Å². The summed E-state index contributed by atoms with van der Waals surface area (Å²) in [7, 11) is 6.50. The van der Waals surface area contributed by atoms with Crippen LogP contribution in [0.5, 0.6) is 0 Å². The van der Waals surface area contributed by atoms with Crippen LogP contribution < -0.4 is 17.0 Å². The molecule has 5 nitrogen and oxygen atoms in total. The van der Waals surface area contributed by atoms with E-state index in [2.05, 4.69) is 64.9 Å². The van der Waals surface area contributed by atoms with Crippen LogP contribution in [0.4, 0.5) is 0 Å². The molecule has 0 heterocycles. The molecule has 0 aliphatic carbocycles. The van der Waals surface area contributed by atoms with Gasteiger partial charge in [0.2, 0.25) is 0 Å². The van der Waals surface area contributed by atoms with Crippen molar-refractivity contribution in [1.29, 1.82) is 0 Å². The van der Waals surface area contributed by atoms with Gasteiger partial charge in [0.15, 0.2) is 12.6 Å². The first-order valence-corrected chi connectivity index (χ1v) is 12.8. The number of hydrogen-bond acceptors (Lipinski definition) is 5. The van der Waals surface area contributed by atoms with E-state index in [0.29, 0.717) is 0 Å². The smallest absolute Gasteiger partial charge is 1.00 e. The Hall–Kier alpha value is 3.10. The van der Waals surface area contributed by atoms with Gasteiger partial charge in [0.1, 0.15) is 6.29 Å². The SMILES string of the molecule is C=Cc1ccc(C(OC)OC)cc1.COC(OC)c1ccc(I)cc1.O=Cc1ccc(I)cc1.[Br-].[CH-]=C.[Mg+2].[Zn].[Zn].[Zn].[Zn].[Zn].[Zn]. The van der Waals surface area contributed by atoms with Gasteiger partial charge in [-0.3, -0.25) is 11.4 Å². The molecule has 0 unspecified atom stereocenters. The molecule has 0 atom stereocenters. The van der Waals surface area contributed by atoms with Gasteiger partial charge in [-0.05, 0) is 75.0 Å². The van der Waals surface area contributed by atoms with Crippen LogP contribution in [-0.4, -0.2) is 57.8 Å². The van der Waals surface area contributed by atoms with Crippen LogP contribution in [0.1, 0.15) is 39.6 Å². The minimum atomic E-state index is -0.279. The van der Waals surface area contributed by atoms with Crippen LogP contribution in [0, 0.1) is 13.7 Å². The normalized spacial score (nSPS) is 7.91. The quantitative estimate of drug-likeness (QED) is 0.109. The fraction of sp³-hybridized carbons (Fsp3) is 0.207. The molecule has 0 aliphatic rings. The standard InChI is InChI=1S/C11H14O2.C9H11IO2.C7H5IO.C2H3.BrH.Mg.6Zn/c1-4-9-5-7-10(8-6-9)11(12-2)13-3;1-11-9(12-2)7-3-5-8(10)6-4-7;8-7-3-1-6(5-9)2-4-7;1-2;;;;;;;;/h4-8,11H,1H2,2-3H3;3-6,9H,1-2H3;1-5H;1H,2H2;1H;;;;;;;/q;;;-1;;+2;;;;;;/p-1. The molecule has 3 aromatic carbocycles. The summed E-state index contributed by atoms with van der Waals surface area (Å²) in [5, 5.41) is 0. The predicted molar refractivity (Wildman–Crippen MR) is 169 cm³/mol. The van der Waals surface area contributed by atoms with E-state index in [0.717, 1.165) is 32.1 Å². The van der Waals surface area contributed by atoms with Crippen molar-refractivity contribution in [1.82, 2.24) is 0 Å². The molecule has 0 N–H and O–H groups in total. The van der Waals surface area contributed by atoms with E-state index < -0.39 is 0 Å². The van der Waals surface area contributed by atoms with E-state index in [4.69, 9.17) is 18.9 Å². The van der Waals surface area contributed by atoms with E-state index in [1.54, 1.807) is 46.6 Å². The van der Waals surface area contributed by atoms with E-state index in [1.807, 2.05) is 60.7 Å². The number of aldehydes is 1. The van der Waals surface area contributed by atoms with Crippen LogP contribution >= 0.6 is 45.2 Å². The fourth-order valence-corrected chi connectivity index (χ4v) is 3.41. The molecule has 0 spiro atoms. The molecule has 0 fully saturated rings. The summed E-state index contributed by atoms with van der Waals surface area (Å²) in [6, 6.07) is 23.4. The second-order valence-corrected chi connectivity index (χ2v) is 9.19. The zero-order valence-corrected chi connectivity index (χ0v) is 51.5. The molecule has 44 heavy (non-hydrogen) atoms. The van der Waals surface area contributed by atoms with Gasteiger partial charge in [-0.2, -0.15) is 0 Å². The Morgan fingerprint density at radius 1 is 0.591 bits per heavy atom. The second kappa shape index (κ2) is 46.1. The van der Waals surface area contributed by atoms with Gasteiger partial charge in [0, 0.05) is 169 Å². The van der Waals surface area contributed by atoms with Crippen LogP contribution in [0.2, 0.25) is 0 Å². The van der Waals surface area contributed by atoms with Crippen molar-refractivity contribution in [2.75, 3.05) is 28.4 Å². The molecule has 214 valence electrons. The van der Waals surface area contributed by atoms with Gasteiger partial charge in [-0.25, -0.2) is 0 Å². The molecular weight excluding hydrogens is 1180 g/mol.